The molecule has 3 rings (SSSR count). The highest BCUT2D eigenvalue weighted by atomic mass is 32.2. The molecule has 0 aliphatic heterocycles. The molecule has 3 aromatic rings. The summed E-state index contributed by atoms with van der Waals surface area (Å²) >= 11 is 0. The van der Waals surface area contributed by atoms with Gasteiger partial charge in [-0.2, -0.15) is 5.26 Å². The van der Waals surface area contributed by atoms with Gasteiger partial charge >= 0.3 is 5.97 Å². The Labute approximate surface area is 171 Å². The number of methoxy groups -OCH3 is 2. The van der Waals surface area contributed by atoms with Crippen LogP contribution in [-0.2, 0) is 14.8 Å². The Hall–Kier alpha value is -4.11. The van der Waals surface area contributed by atoms with Crippen molar-refractivity contribution in [2.45, 2.75) is 4.90 Å². The molecule has 0 fully saturated rings. The van der Waals surface area contributed by atoms with E-state index >= 15 is 0 Å². The van der Waals surface area contributed by atoms with Gasteiger partial charge < -0.3 is 19.8 Å². The first kappa shape index (κ1) is 20.6. The minimum absolute atomic E-state index is 0.0206. The third-order valence-corrected chi connectivity index (χ3v) is 5.41. The van der Waals surface area contributed by atoms with Gasteiger partial charge in [0.2, 0.25) is 5.82 Å². The van der Waals surface area contributed by atoms with Crippen molar-refractivity contribution in [2.24, 2.45) is 0 Å². The zero-order valence-corrected chi connectivity index (χ0v) is 16.7. The van der Waals surface area contributed by atoms with Crippen LogP contribution in [0.5, 0.6) is 5.88 Å². The number of nitrogens with two attached hydrogens (primary N) is 1. The lowest BCUT2D eigenvalue weighted by molar-refractivity contribution is 0.0593. The summed E-state index contributed by atoms with van der Waals surface area (Å²) < 4.78 is 38.7. The van der Waals surface area contributed by atoms with Gasteiger partial charge in [0.15, 0.2) is 5.69 Å². The van der Waals surface area contributed by atoms with Crippen LogP contribution in [0, 0.1) is 11.3 Å². The number of carbonyl (C=O) groups is 1. The van der Waals surface area contributed by atoms with Crippen LogP contribution in [-0.4, -0.2) is 43.1 Å². The molecule has 11 nitrogen and oxygen atoms in total. The average molecular weight is 428 g/mol. The summed E-state index contributed by atoms with van der Waals surface area (Å²) in [4.78, 5) is 19.8. The average Bonchev–Trinajstić information content (AvgIpc) is 3.09. The maximum atomic E-state index is 12.7. The van der Waals surface area contributed by atoms with Crippen LogP contribution in [0.15, 0.2) is 47.8 Å². The molecule has 1 aromatic carbocycles. The Morgan fingerprint density at radius 2 is 1.87 bits per heavy atom. The number of aromatic nitrogens is 3. The van der Waals surface area contributed by atoms with Crippen molar-refractivity contribution in [3.05, 3.63) is 54.1 Å². The van der Waals surface area contributed by atoms with E-state index in [-0.39, 0.29) is 33.5 Å². The number of benzene rings is 1. The molecule has 2 heterocycles. The maximum absolute atomic E-state index is 12.7. The third kappa shape index (κ3) is 3.74. The van der Waals surface area contributed by atoms with E-state index in [2.05, 4.69) is 14.7 Å². The van der Waals surface area contributed by atoms with Gasteiger partial charge in [-0.1, -0.05) is 0 Å². The number of nitrogens with zero attached hydrogens (tertiary/aromatic N) is 4. The second-order valence-electron chi connectivity index (χ2n) is 5.79. The Kier molecular flexibility index (Phi) is 5.56. The number of rotatable bonds is 6. The van der Waals surface area contributed by atoms with Crippen LogP contribution < -0.4 is 15.2 Å². The van der Waals surface area contributed by atoms with E-state index in [9.17, 15) is 18.5 Å². The number of anilines is 2. The summed E-state index contributed by atoms with van der Waals surface area (Å²) in [7, 11) is -1.47. The highest BCUT2D eigenvalue weighted by Gasteiger charge is 2.23. The van der Waals surface area contributed by atoms with E-state index in [1.807, 2.05) is 6.07 Å². The van der Waals surface area contributed by atoms with E-state index in [1.165, 1.54) is 61.6 Å². The van der Waals surface area contributed by atoms with Gasteiger partial charge in [0.1, 0.15) is 6.07 Å². The summed E-state index contributed by atoms with van der Waals surface area (Å²) in [6.45, 7) is 0. The van der Waals surface area contributed by atoms with Crippen LogP contribution in [0.1, 0.15) is 16.1 Å². The molecule has 12 heteroatoms. The van der Waals surface area contributed by atoms with Crippen molar-refractivity contribution < 1.29 is 22.7 Å². The predicted molar refractivity (Wildman–Crippen MR) is 106 cm³/mol. The van der Waals surface area contributed by atoms with Gasteiger partial charge in [0, 0.05) is 24.3 Å². The smallest absolute Gasteiger partial charge is 0.357 e. The molecule has 0 saturated carbocycles. The Balaban J connectivity index is 1.98. The minimum atomic E-state index is -3.99. The van der Waals surface area contributed by atoms with Gasteiger partial charge in [-0.3, -0.25) is 4.72 Å². The van der Waals surface area contributed by atoms with Gasteiger partial charge in [-0.15, -0.1) is 0 Å². The minimum Gasteiger partial charge on any atom is -0.478 e. The Morgan fingerprint density at radius 1 is 1.20 bits per heavy atom. The molecular weight excluding hydrogens is 412 g/mol. The fraction of sp³-hybridized carbons (Fsp3) is 0.111. The standard InChI is InChI=1S/C18H16N6O5S/c1-28-17-16(21-7-8-22-17)23-30(26,27)13-5-3-12(4-6-13)24-10-11(9-19)14(20)15(24)18(25)29-2/h3-8,10H,20H2,1-2H3,(H,21,23). The second kappa shape index (κ2) is 8.10. The van der Waals surface area contributed by atoms with E-state index < -0.39 is 16.0 Å². The molecule has 0 aliphatic rings. The normalized spacial score (nSPS) is 10.8. The number of hydrogen-bond acceptors (Lipinski definition) is 9. The highest BCUT2D eigenvalue weighted by molar-refractivity contribution is 7.92. The molecule has 0 bridgehead atoms. The summed E-state index contributed by atoms with van der Waals surface area (Å²) in [5, 5.41) is 9.19. The van der Waals surface area contributed by atoms with Crippen LogP contribution >= 0.6 is 0 Å². The number of sulfonamides is 1. The Morgan fingerprint density at radius 3 is 2.47 bits per heavy atom. The Bertz CT molecular complexity index is 1250. The molecule has 30 heavy (non-hydrogen) atoms. The van der Waals surface area contributed by atoms with Crippen molar-refractivity contribution >= 4 is 27.5 Å². The summed E-state index contributed by atoms with van der Waals surface area (Å²) in [5.74, 6) is -0.775. The molecule has 2 aromatic heterocycles. The van der Waals surface area contributed by atoms with Gasteiger partial charge in [0.05, 0.1) is 30.4 Å². The zero-order chi connectivity index (χ0) is 21.9. The number of nitriles is 1. The largest absolute Gasteiger partial charge is 0.478 e. The highest BCUT2D eigenvalue weighted by Crippen LogP contribution is 2.26. The van der Waals surface area contributed by atoms with Crippen molar-refractivity contribution in [1.82, 2.24) is 14.5 Å². The van der Waals surface area contributed by atoms with E-state index in [1.54, 1.807) is 0 Å². The lowest BCUT2D eigenvalue weighted by Gasteiger charge is -2.11. The second-order valence-corrected chi connectivity index (χ2v) is 7.47. The molecule has 0 aliphatic carbocycles. The number of nitrogens with one attached hydrogen (secondary N) is 1. The molecular formula is C18H16N6O5S. The van der Waals surface area contributed by atoms with Crippen LogP contribution in [0.3, 0.4) is 0 Å². The molecule has 0 saturated heterocycles. The SMILES string of the molecule is COC(=O)c1c(N)c(C#N)cn1-c1ccc(S(=O)(=O)Nc2nccnc2OC)cc1. The summed E-state index contributed by atoms with van der Waals surface area (Å²) in [6, 6.07) is 7.45. The molecule has 0 radical (unpaired) electrons. The lowest BCUT2D eigenvalue weighted by atomic mass is 10.2. The number of carbonyl (C=O) groups excluding carboxylic acids is 1. The van der Waals surface area contributed by atoms with Crippen molar-refractivity contribution in [3.8, 4) is 17.6 Å². The number of nitrogen functional groups attached to an aromatic ring is 1. The molecule has 0 spiro atoms. The van der Waals surface area contributed by atoms with Gasteiger partial charge in [0.25, 0.3) is 15.9 Å². The third-order valence-electron chi connectivity index (χ3n) is 4.06. The van der Waals surface area contributed by atoms with Gasteiger partial charge in [-0.25, -0.2) is 23.2 Å². The maximum Gasteiger partial charge on any atom is 0.357 e. The fourth-order valence-corrected chi connectivity index (χ4v) is 3.64. The lowest BCUT2D eigenvalue weighted by Crippen LogP contribution is -2.15. The quantitative estimate of drug-likeness (QED) is 0.551. The first-order chi connectivity index (χ1) is 14.3. The first-order valence-corrected chi connectivity index (χ1v) is 9.78. The molecule has 3 N–H and O–H groups in total. The van der Waals surface area contributed by atoms with Crippen molar-refractivity contribution in [2.75, 3.05) is 24.7 Å². The van der Waals surface area contributed by atoms with Crippen molar-refractivity contribution in [1.29, 1.82) is 5.26 Å². The number of hydrogen-bond donors (Lipinski definition) is 2. The van der Waals surface area contributed by atoms with E-state index in [0.717, 1.165) is 0 Å². The topological polar surface area (TPSA) is 162 Å². The van der Waals surface area contributed by atoms with E-state index in [0.29, 0.717) is 5.69 Å². The number of esters is 1. The van der Waals surface area contributed by atoms with Crippen LogP contribution in [0.4, 0.5) is 11.5 Å². The number of ether oxygens (including phenoxy) is 2. The summed E-state index contributed by atoms with van der Waals surface area (Å²) in [6.07, 6.45) is 4.05. The fourth-order valence-electron chi connectivity index (χ4n) is 2.63. The van der Waals surface area contributed by atoms with Gasteiger partial charge in [-0.05, 0) is 24.3 Å². The molecule has 0 amide bonds. The van der Waals surface area contributed by atoms with Crippen LogP contribution in [0.2, 0.25) is 0 Å². The predicted octanol–water partition coefficient (Wildman–Crippen LogP) is 1.32. The molecule has 154 valence electrons. The first-order valence-electron chi connectivity index (χ1n) is 8.30. The van der Waals surface area contributed by atoms with E-state index in [4.69, 9.17) is 15.2 Å². The molecule has 0 unspecified atom stereocenters. The summed E-state index contributed by atoms with van der Waals surface area (Å²) in [5.41, 5.74) is 6.29. The monoisotopic (exact) mass is 428 g/mol. The zero-order valence-electron chi connectivity index (χ0n) is 15.9. The van der Waals surface area contributed by atoms with Crippen molar-refractivity contribution in [3.63, 3.8) is 0 Å². The molecule has 0 atom stereocenters. The van der Waals surface area contributed by atoms with Crippen LogP contribution in [0.25, 0.3) is 5.69 Å².